The van der Waals surface area contributed by atoms with Crippen LogP contribution in [0.4, 0.5) is 0 Å². The van der Waals surface area contributed by atoms with Crippen molar-refractivity contribution < 1.29 is 37.3 Å². The Morgan fingerprint density at radius 1 is 0.434 bits per heavy atom. The molecule has 0 aliphatic carbocycles. The lowest BCUT2D eigenvalue weighted by Crippen LogP contribution is -2.47. The van der Waals surface area contributed by atoms with Gasteiger partial charge in [-0.1, -0.05) is 318 Å². The minimum Gasteiger partial charge on any atom is -0.456 e. The number of esters is 1. The fraction of sp³-hybridized carbons (Fsp3) is 0.781. The van der Waals surface area contributed by atoms with Crippen molar-refractivity contribution in [2.24, 2.45) is 0 Å². The van der Waals surface area contributed by atoms with Crippen LogP contribution in [0.3, 0.4) is 0 Å². The summed E-state index contributed by atoms with van der Waals surface area (Å²) >= 11 is 0. The molecule has 0 aliphatic rings. The summed E-state index contributed by atoms with van der Waals surface area (Å²) in [6.45, 7) is 6.88. The SMILES string of the molecule is CC/C=C\C/C=C\C/C=C\C/C=C\C/C=C\C/C=C\CCC(=O)OC(/C=C\CCCCCCCCCCC)C(COP(=O)(O)OCC[N+](C)(C)C)NC(=O)CCCCCCCCCCCCCCCCCCCCCCCCCCCCC. The van der Waals surface area contributed by atoms with Crippen molar-refractivity contribution in [3.05, 3.63) is 85.1 Å². The Morgan fingerprint density at radius 3 is 1.16 bits per heavy atom. The first-order chi connectivity index (χ1) is 40.4. The van der Waals surface area contributed by atoms with Gasteiger partial charge in [0.1, 0.15) is 19.3 Å². The zero-order valence-corrected chi connectivity index (χ0v) is 56.1. The van der Waals surface area contributed by atoms with Crippen molar-refractivity contribution in [1.82, 2.24) is 5.32 Å². The summed E-state index contributed by atoms with van der Waals surface area (Å²) in [6, 6.07) is -0.881. The molecule has 3 unspecified atom stereocenters. The van der Waals surface area contributed by atoms with Crippen LogP contribution < -0.4 is 5.32 Å². The van der Waals surface area contributed by atoms with E-state index in [0.29, 0.717) is 23.9 Å². The van der Waals surface area contributed by atoms with Gasteiger partial charge in [0.2, 0.25) is 5.91 Å². The van der Waals surface area contributed by atoms with Crippen LogP contribution in [0.5, 0.6) is 0 Å². The van der Waals surface area contributed by atoms with Crippen LogP contribution in [0.25, 0.3) is 0 Å². The number of phosphoric acid groups is 1. The molecule has 0 radical (unpaired) electrons. The Labute approximate surface area is 514 Å². The molecule has 0 aromatic heterocycles. The maximum atomic E-state index is 13.6. The number of quaternary nitrogens is 1. The first-order valence-corrected chi connectivity index (χ1v) is 36.4. The minimum atomic E-state index is -4.47. The number of rotatable bonds is 63. The van der Waals surface area contributed by atoms with E-state index >= 15 is 0 Å². The van der Waals surface area contributed by atoms with Gasteiger partial charge < -0.3 is 19.4 Å². The number of likely N-dealkylation sites (N-methyl/N-ethyl adjacent to an activating group) is 1. The third-order valence-electron chi connectivity index (χ3n) is 15.4. The Bertz CT molecular complexity index is 1700. The maximum Gasteiger partial charge on any atom is 0.472 e. The smallest absolute Gasteiger partial charge is 0.456 e. The van der Waals surface area contributed by atoms with Crippen LogP contribution in [-0.4, -0.2) is 74.3 Å². The molecule has 83 heavy (non-hydrogen) atoms. The van der Waals surface area contributed by atoms with Gasteiger partial charge in [0.05, 0.1) is 33.8 Å². The molecule has 0 heterocycles. The van der Waals surface area contributed by atoms with Gasteiger partial charge >= 0.3 is 13.8 Å². The molecule has 10 heteroatoms. The molecule has 0 spiro atoms. The summed E-state index contributed by atoms with van der Waals surface area (Å²) in [6.07, 6.45) is 83.4. The lowest BCUT2D eigenvalue weighted by molar-refractivity contribution is -0.870. The largest absolute Gasteiger partial charge is 0.472 e. The van der Waals surface area contributed by atoms with Gasteiger partial charge in [-0.05, 0) is 70.3 Å². The molecule has 482 valence electrons. The number of nitrogens with zero attached hydrogens (tertiary/aromatic N) is 1. The molecule has 9 nitrogen and oxygen atoms in total. The van der Waals surface area contributed by atoms with Crippen LogP contribution in [0.15, 0.2) is 85.1 Å². The highest BCUT2D eigenvalue weighted by Crippen LogP contribution is 2.43. The topological polar surface area (TPSA) is 111 Å². The number of unbranched alkanes of at least 4 members (excludes halogenated alkanes) is 35. The predicted octanol–water partition coefficient (Wildman–Crippen LogP) is 22.1. The van der Waals surface area contributed by atoms with Crippen molar-refractivity contribution in [3.63, 3.8) is 0 Å². The molecular formula is C73H134N2O7P+. The third-order valence-corrected chi connectivity index (χ3v) is 16.3. The number of nitrogens with one attached hydrogen (secondary N) is 1. The highest BCUT2D eigenvalue weighted by atomic mass is 31.2. The van der Waals surface area contributed by atoms with Crippen molar-refractivity contribution in [2.45, 2.75) is 328 Å². The van der Waals surface area contributed by atoms with Gasteiger partial charge in [-0.25, -0.2) is 4.57 Å². The van der Waals surface area contributed by atoms with E-state index in [1.165, 1.54) is 199 Å². The number of carbonyl (C=O) groups excluding carboxylic acids is 2. The second-order valence-electron chi connectivity index (χ2n) is 24.7. The maximum absolute atomic E-state index is 13.6. The molecule has 0 saturated heterocycles. The molecule has 0 rings (SSSR count). The highest BCUT2D eigenvalue weighted by molar-refractivity contribution is 7.47. The normalized spacial score (nSPS) is 14.1. The molecule has 0 aromatic carbocycles. The number of ether oxygens (including phenoxy) is 1. The van der Waals surface area contributed by atoms with Crippen molar-refractivity contribution in [2.75, 3.05) is 40.9 Å². The molecule has 3 atom stereocenters. The van der Waals surface area contributed by atoms with Gasteiger partial charge in [-0.3, -0.25) is 18.6 Å². The Morgan fingerprint density at radius 2 is 0.783 bits per heavy atom. The average molecular weight is 1180 g/mol. The molecule has 0 fully saturated rings. The summed E-state index contributed by atoms with van der Waals surface area (Å²) in [5.41, 5.74) is 0. The lowest BCUT2D eigenvalue weighted by Gasteiger charge is -2.27. The number of amides is 1. The van der Waals surface area contributed by atoms with Crippen LogP contribution in [0.2, 0.25) is 0 Å². The van der Waals surface area contributed by atoms with Gasteiger partial charge in [0, 0.05) is 12.8 Å². The van der Waals surface area contributed by atoms with E-state index < -0.39 is 25.9 Å². The summed E-state index contributed by atoms with van der Waals surface area (Å²) in [5.74, 6) is -0.596. The second-order valence-corrected chi connectivity index (χ2v) is 26.1. The lowest BCUT2D eigenvalue weighted by atomic mass is 10.0. The number of phosphoric ester groups is 1. The first-order valence-electron chi connectivity index (χ1n) is 34.9. The fourth-order valence-electron chi connectivity index (χ4n) is 10.0. The first kappa shape index (κ1) is 80.2. The predicted molar refractivity (Wildman–Crippen MR) is 360 cm³/mol. The van der Waals surface area contributed by atoms with Crippen LogP contribution in [0, 0.1) is 0 Å². The molecule has 0 bridgehead atoms. The fourth-order valence-corrected chi connectivity index (χ4v) is 10.8. The van der Waals surface area contributed by atoms with Crippen molar-refractivity contribution in [3.8, 4) is 0 Å². The van der Waals surface area contributed by atoms with E-state index in [9.17, 15) is 19.0 Å². The zero-order chi connectivity index (χ0) is 60.7. The Hall–Kier alpha value is -2.81. The summed E-state index contributed by atoms with van der Waals surface area (Å²) < 4.78 is 30.7. The van der Waals surface area contributed by atoms with E-state index in [4.69, 9.17) is 13.8 Å². The van der Waals surface area contributed by atoms with Gasteiger partial charge in [0.25, 0.3) is 0 Å². The minimum absolute atomic E-state index is 0.0274. The zero-order valence-electron chi connectivity index (χ0n) is 55.2. The van der Waals surface area contributed by atoms with Crippen molar-refractivity contribution in [1.29, 1.82) is 0 Å². The molecule has 0 aromatic rings. The average Bonchev–Trinajstić information content (AvgIpc) is 3.51. The summed E-state index contributed by atoms with van der Waals surface area (Å²) in [7, 11) is 1.46. The van der Waals surface area contributed by atoms with E-state index in [1.54, 1.807) is 0 Å². The Kier molecular flexibility index (Phi) is 60.1. The standard InChI is InChI=1S/C73H133N2O7P/c1-7-10-13-16-19-22-25-27-29-31-33-34-35-36-37-38-39-40-42-43-45-47-50-53-56-59-62-65-72(76)74-70(69-81-83(78,79)80-68-67-75(4,5)6)71(64-61-58-55-52-49-24-21-18-15-12-9-3)82-73(77)66-63-60-57-54-51-48-46-44-41-32-30-28-26-23-20-17-14-11-8-2/h11,14,20,23,28,30,41,44,48,51,57,60-61,64,70-71H,7-10,12-13,15-19,21-22,24-27,29,31-40,42-43,45-47,49-50,52-56,58-59,62-63,65-69H2,1-6H3,(H-,74,76,78,79)/p+1/b14-11-,23-20-,30-28-,44-41-,51-48-,60-57-,64-61-. The quantitative estimate of drug-likeness (QED) is 0.0205. The van der Waals surface area contributed by atoms with E-state index in [-0.39, 0.29) is 25.5 Å². The second kappa shape index (κ2) is 62.2. The van der Waals surface area contributed by atoms with Gasteiger partial charge in [-0.2, -0.15) is 0 Å². The summed E-state index contributed by atoms with van der Waals surface area (Å²) in [4.78, 5) is 37.8. The Balaban J connectivity index is 5.06. The van der Waals surface area contributed by atoms with E-state index in [0.717, 1.165) is 77.0 Å². The highest BCUT2D eigenvalue weighted by Gasteiger charge is 2.30. The van der Waals surface area contributed by atoms with Crippen LogP contribution >= 0.6 is 7.82 Å². The monoisotopic (exact) mass is 1180 g/mol. The molecule has 0 saturated carbocycles. The number of hydrogen-bond acceptors (Lipinski definition) is 6. The summed E-state index contributed by atoms with van der Waals surface area (Å²) in [5, 5.41) is 3.05. The number of carbonyl (C=O) groups is 2. The molecular weight excluding hydrogens is 1050 g/mol. The third kappa shape index (κ3) is 63.5. The van der Waals surface area contributed by atoms with E-state index in [1.807, 2.05) is 39.4 Å². The van der Waals surface area contributed by atoms with E-state index in [2.05, 4.69) is 92.9 Å². The van der Waals surface area contributed by atoms with Gasteiger partial charge in [-0.15, -0.1) is 0 Å². The van der Waals surface area contributed by atoms with Gasteiger partial charge in [0.15, 0.2) is 0 Å². The molecule has 0 aliphatic heterocycles. The van der Waals surface area contributed by atoms with Crippen LogP contribution in [-0.2, 0) is 27.9 Å². The van der Waals surface area contributed by atoms with Crippen LogP contribution in [0.1, 0.15) is 316 Å². The number of hydrogen-bond donors (Lipinski definition) is 2. The number of allylic oxidation sites excluding steroid dienone is 13. The molecule has 2 N–H and O–H groups in total. The molecule has 1 amide bonds. The van der Waals surface area contributed by atoms with Crippen molar-refractivity contribution >= 4 is 19.7 Å².